The van der Waals surface area contributed by atoms with Crippen molar-refractivity contribution in [1.82, 2.24) is 0 Å². The Morgan fingerprint density at radius 2 is 0.674 bits per heavy atom. The summed E-state index contributed by atoms with van der Waals surface area (Å²) in [6, 6.07) is 10.8. The van der Waals surface area contributed by atoms with Crippen LogP contribution in [0.15, 0.2) is 24.3 Å². The molecule has 0 aliphatic carbocycles. The first-order chi connectivity index (χ1) is 18.9. The fraction of sp³-hybridized carbons (Fsp3) is 0.667. The van der Waals surface area contributed by atoms with Crippen LogP contribution in [0.2, 0.25) is 118 Å². The Labute approximate surface area is 286 Å². The van der Waals surface area contributed by atoms with E-state index < -0.39 is 69.6 Å². The molecule has 0 saturated heterocycles. The first-order valence-corrected chi connectivity index (χ1v) is 41.2. The van der Waals surface area contributed by atoms with Gasteiger partial charge in [-0.05, 0) is 0 Å². The maximum absolute atomic E-state index is 2.91. The molecule has 0 bridgehead atoms. The van der Waals surface area contributed by atoms with Crippen LogP contribution in [0, 0.1) is 20.8 Å². The van der Waals surface area contributed by atoms with Crippen LogP contribution < -0.4 is 7.16 Å². The molecule has 0 atom stereocenters. The summed E-state index contributed by atoms with van der Waals surface area (Å²) in [6.07, 6.45) is 0. The van der Waals surface area contributed by atoms with E-state index in [0.717, 1.165) is 15.5 Å². The number of benzene rings is 2. The van der Waals surface area contributed by atoms with E-state index in [1.807, 2.05) is 14.7 Å². The van der Waals surface area contributed by atoms with Gasteiger partial charge in [0, 0.05) is 0 Å². The van der Waals surface area contributed by atoms with Gasteiger partial charge in [-0.1, -0.05) is 0 Å². The van der Waals surface area contributed by atoms with E-state index in [1.54, 1.807) is 20.3 Å². The summed E-state index contributed by atoms with van der Waals surface area (Å²) in [5, 5.41) is 2.36. The summed E-state index contributed by atoms with van der Waals surface area (Å²) in [5.74, 6) is 0. The molecule has 0 unspecified atom stereocenters. The molecular weight excluding hydrogens is 720 g/mol. The van der Waals surface area contributed by atoms with E-state index in [4.69, 9.17) is 0 Å². The molecule has 2 radical (unpaired) electrons. The Balaban J connectivity index is 3.36. The molecule has 242 valence electrons. The molecule has 0 saturated carbocycles. The standard InChI is InChI=1S/C27H59Si6.C9H11.Sn/c1-28(2,3)25(29(4,5)6)22-19-23(26(30(7,8)9)31(10,11)12)21-24(20-22)27(32(13,14)15)33(16,17)18;1-7-4-8(2)6-9(3)5-7;/h19-20,25-27H,1-18H3;4-5H,1-3H3;. The number of hydrogen-bond acceptors (Lipinski definition) is 0. The number of aryl methyl sites for hydroxylation is 3. The molecule has 0 aliphatic rings. The van der Waals surface area contributed by atoms with Crippen LogP contribution in [0.5, 0.6) is 0 Å². The van der Waals surface area contributed by atoms with E-state index in [2.05, 4.69) is 163 Å². The molecule has 43 heavy (non-hydrogen) atoms. The first-order valence-electron chi connectivity index (χ1n) is 16.9. The van der Waals surface area contributed by atoms with Crippen molar-refractivity contribution < 1.29 is 0 Å². The molecule has 2 aromatic carbocycles. The van der Waals surface area contributed by atoms with Crippen LogP contribution >= 0.6 is 0 Å². The zero-order valence-corrected chi connectivity index (χ0v) is 41.4. The van der Waals surface area contributed by atoms with Gasteiger partial charge in [-0.25, -0.2) is 0 Å². The van der Waals surface area contributed by atoms with Gasteiger partial charge in [-0.3, -0.25) is 0 Å². The first kappa shape index (κ1) is 39.7. The van der Waals surface area contributed by atoms with Gasteiger partial charge in [0.05, 0.1) is 0 Å². The van der Waals surface area contributed by atoms with Crippen molar-refractivity contribution in [3.8, 4) is 0 Å². The van der Waals surface area contributed by atoms with Gasteiger partial charge in [-0.2, -0.15) is 0 Å². The Bertz CT molecular complexity index is 1170. The predicted octanol–water partition coefficient (Wildman–Crippen LogP) is 10.8. The minimum atomic E-state index is -1.51. The predicted molar refractivity (Wildman–Crippen MR) is 220 cm³/mol. The quantitative estimate of drug-likeness (QED) is 0.199. The molecule has 7 heteroatoms. The van der Waals surface area contributed by atoms with Crippen molar-refractivity contribution >= 4 is 76.7 Å². The van der Waals surface area contributed by atoms with Gasteiger partial charge in [-0.15, -0.1) is 0 Å². The number of rotatable bonds is 11. The Hall–Kier alpha value is 0.540. The summed E-state index contributed by atoms with van der Waals surface area (Å²) < 4.78 is 3.68. The van der Waals surface area contributed by atoms with Gasteiger partial charge in [0.15, 0.2) is 0 Å². The third kappa shape index (κ3) is 9.78. The second-order valence-corrected chi connectivity index (χ2v) is 57.6. The van der Waals surface area contributed by atoms with Crippen LogP contribution in [0.25, 0.3) is 0 Å². The average Bonchev–Trinajstić information content (AvgIpc) is 2.65. The molecule has 0 fully saturated rings. The zero-order chi connectivity index (χ0) is 33.9. The van der Waals surface area contributed by atoms with Crippen LogP contribution in [0.3, 0.4) is 0 Å². The van der Waals surface area contributed by atoms with E-state index in [-0.39, 0.29) is 0 Å². The fourth-order valence-electron chi connectivity index (χ4n) is 9.74. The van der Waals surface area contributed by atoms with Crippen LogP contribution in [-0.2, 0) is 0 Å². The van der Waals surface area contributed by atoms with Gasteiger partial charge in [0.25, 0.3) is 0 Å². The van der Waals surface area contributed by atoms with Crippen LogP contribution in [-0.4, -0.2) is 69.6 Å². The molecule has 0 nitrogen and oxygen atoms in total. The second-order valence-electron chi connectivity index (χ2n) is 20.5. The van der Waals surface area contributed by atoms with Crippen LogP contribution in [0.1, 0.15) is 48.9 Å². The van der Waals surface area contributed by atoms with Crippen LogP contribution in [0.4, 0.5) is 0 Å². The molecule has 0 spiro atoms. The maximum atomic E-state index is 2.91. The molecule has 2 rings (SSSR count). The molecule has 0 heterocycles. The topological polar surface area (TPSA) is 0 Å². The second kappa shape index (κ2) is 13.2. The van der Waals surface area contributed by atoms with Gasteiger partial charge >= 0.3 is 289 Å². The monoisotopic (exact) mass is 790 g/mol. The normalized spacial score (nSPS) is 14.4. The third-order valence-electron chi connectivity index (χ3n) is 9.30. The summed E-state index contributed by atoms with van der Waals surface area (Å²) >= 11 is -1.08. The van der Waals surface area contributed by atoms with Gasteiger partial charge < -0.3 is 0 Å². The van der Waals surface area contributed by atoms with Crippen molar-refractivity contribution in [2.45, 2.75) is 154 Å². The molecule has 0 N–H and O–H groups in total. The van der Waals surface area contributed by atoms with Gasteiger partial charge in [0.1, 0.15) is 0 Å². The van der Waals surface area contributed by atoms with Crippen molar-refractivity contribution in [3.63, 3.8) is 0 Å². The molecule has 2 aromatic rings. The summed E-state index contributed by atoms with van der Waals surface area (Å²) in [4.78, 5) is 0. The molecule has 0 aromatic heterocycles. The van der Waals surface area contributed by atoms with E-state index in [1.165, 1.54) is 5.56 Å². The SMILES string of the molecule is Cc1cc(C)[c]([Sn][c]2c(C([Si](C)(C)C)[Si](C)(C)C)cc(C([Si](C)(C)C)[Si](C)(C)C)cc2C([Si](C)(C)C)[Si](C)(C)C)c(C)c1. The van der Waals surface area contributed by atoms with Crippen molar-refractivity contribution in [2.75, 3.05) is 0 Å². The van der Waals surface area contributed by atoms with E-state index in [9.17, 15) is 0 Å². The summed E-state index contributed by atoms with van der Waals surface area (Å²) in [6.45, 7) is 55.5. The van der Waals surface area contributed by atoms with Crippen molar-refractivity contribution in [2.24, 2.45) is 0 Å². The average molecular weight is 790 g/mol. The van der Waals surface area contributed by atoms with Gasteiger partial charge in [0.2, 0.25) is 0 Å². The Morgan fingerprint density at radius 3 is 0.930 bits per heavy atom. The van der Waals surface area contributed by atoms with E-state index >= 15 is 0 Å². The number of hydrogen-bond donors (Lipinski definition) is 0. The zero-order valence-electron chi connectivity index (χ0n) is 32.5. The molecular formula is C36H70Si6Sn. The summed E-state index contributed by atoms with van der Waals surface area (Å²) in [7, 11) is -8.96. The van der Waals surface area contributed by atoms with Crippen molar-refractivity contribution in [1.29, 1.82) is 0 Å². The summed E-state index contributed by atoms with van der Waals surface area (Å²) in [5.41, 5.74) is 10.1. The molecule has 0 amide bonds. The molecule has 0 aliphatic heterocycles. The Kier molecular flexibility index (Phi) is 12.2. The Morgan fingerprint density at radius 1 is 0.395 bits per heavy atom. The fourth-order valence-corrected chi connectivity index (χ4v) is 53.9. The van der Waals surface area contributed by atoms with Crippen molar-refractivity contribution in [3.05, 3.63) is 57.6 Å². The third-order valence-corrected chi connectivity index (χ3v) is 42.5. The van der Waals surface area contributed by atoms with E-state index in [0.29, 0.717) is 0 Å². The minimum absolute atomic E-state index is 0.785.